The normalized spacial score (nSPS) is 16.4. The Bertz CT molecular complexity index is 663. The van der Waals surface area contributed by atoms with Crippen LogP contribution in [0.15, 0.2) is 40.9 Å². The molecule has 1 aliphatic heterocycles. The first-order valence-corrected chi connectivity index (χ1v) is 7.47. The second kappa shape index (κ2) is 6.03. The number of benzene rings is 2. The minimum absolute atomic E-state index is 0.180. The van der Waals surface area contributed by atoms with Crippen molar-refractivity contribution < 1.29 is 13.9 Å². The van der Waals surface area contributed by atoms with Crippen molar-refractivity contribution in [1.82, 2.24) is 5.32 Å². The average molecular weight is 352 g/mol. The van der Waals surface area contributed by atoms with E-state index in [0.717, 1.165) is 15.8 Å². The maximum atomic E-state index is 13.7. The summed E-state index contributed by atoms with van der Waals surface area (Å²) in [4.78, 5) is 0. The van der Waals surface area contributed by atoms with E-state index in [1.54, 1.807) is 12.1 Å². The number of hydrogen-bond acceptors (Lipinski definition) is 3. The van der Waals surface area contributed by atoms with Crippen LogP contribution < -0.4 is 14.8 Å². The lowest BCUT2D eigenvalue weighted by Gasteiger charge is -2.10. The molecule has 2 aromatic carbocycles. The van der Waals surface area contributed by atoms with Crippen LogP contribution in [-0.2, 0) is 6.61 Å². The van der Waals surface area contributed by atoms with Crippen molar-refractivity contribution in [2.45, 2.75) is 12.6 Å². The van der Waals surface area contributed by atoms with Gasteiger partial charge in [-0.05, 0) is 37.4 Å². The van der Waals surface area contributed by atoms with Gasteiger partial charge in [-0.3, -0.25) is 0 Å². The van der Waals surface area contributed by atoms with E-state index in [2.05, 4.69) is 21.2 Å². The highest BCUT2D eigenvalue weighted by atomic mass is 79.9. The van der Waals surface area contributed by atoms with E-state index in [1.165, 1.54) is 6.07 Å². The van der Waals surface area contributed by atoms with Crippen LogP contribution in [0, 0.1) is 5.82 Å². The molecule has 110 valence electrons. The van der Waals surface area contributed by atoms with Gasteiger partial charge in [-0.25, -0.2) is 4.39 Å². The van der Waals surface area contributed by atoms with E-state index < -0.39 is 0 Å². The third kappa shape index (κ3) is 3.04. The van der Waals surface area contributed by atoms with Gasteiger partial charge in [0.05, 0.1) is 6.04 Å². The highest BCUT2D eigenvalue weighted by molar-refractivity contribution is 9.10. The molecule has 5 heteroatoms. The molecule has 1 aliphatic rings. The molecule has 21 heavy (non-hydrogen) atoms. The Morgan fingerprint density at radius 1 is 1.33 bits per heavy atom. The topological polar surface area (TPSA) is 30.5 Å². The Kier molecular flexibility index (Phi) is 4.12. The number of ether oxygens (including phenoxy) is 2. The van der Waals surface area contributed by atoms with E-state index in [4.69, 9.17) is 9.47 Å². The summed E-state index contributed by atoms with van der Waals surface area (Å²) in [5.41, 5.74) is 1.64. The summed E-state index contributed by atoms with van der Waals surface area (Å²) in [6.07, 6.45) is 0. The zero-order chi connectivity index (χ0) is 14.8. The van der Waals surface area contributed by atoms with Crippen molar-refractivity contribution in [3.8, 4) is 11.5 Å². The van der Waals surface area contributed by atoms with Crippen molar-refractivity contribution in [3.05, 3.63) is 57.8 Å². The van der Waals surface area contributed by atoms with E-state index >= 15 is 0 Å². The summed E-state index contributed by atoms with van der Waals surface area (Å²) in [6.45, 7) is 0.801. The Morgan fingerprint density at radius 2 is 2.19 bits per heavy atom. The molecule has 0 saturated carbocycles. The molecule has 1 atom stereocenters. The number of likely N-dealkylation sites (N-methyl/N-ethyl adjacent to an activating group) is 1. The highest BCUT2D eigenvalue weighted by Crippen LogP contribution is 2.35. The molecule has 0 amide bonds. The van der Waals surface area contributed by atoms with Gasteiger partial charge >= 0.3 is 0 Å². The van der Waals surface area contributed by atoms with Crippen LogP contribution in [0.25, 0.3) is 0 Å². The van der Waals surface area contributed by atoms with E-state index in [1.807, 2.05) is 25.2 Å². The maximum Gasteiger partial charge on any atom is 0.129 e. The lowest BCUT2D eigenvalue weighted by molar-refractivity contribution is 0.294. The first-order chi connectivity index (χ1) is 10.2. The molecule has 0 saturated heterocycles. The van der Waals surface area contributed by atoms with Gasteiger partial charge in [-0.15, -0.1) is 0 Å². The quantitative estimate of drug-likeness (QED) is 0.908. The molecule has 0 fully saturated rings. The standard InChI is InChI=1S/C16H15BrFNO2/c1-19-15-9-21-16-7-12(3-4-13(15)16)20-8-10-6-11(17)2-5-14(10)18/h2-7,15,19H,8-9H2,1H3. The number of hydrogen-bond donors (Lipinski definition) is 1. The van der Waals surface area contributed by atoms with E-state index in [0.29, 0.717) is 17.9 Å². The van der Waals surface area contributed by atoms with E-state index in [-0.39, 0.29) is 18.5 Å². The zero-order valence-electron chi connectivity index (χ0n) is 11.5. The molecule has 1 N–H and O–H groups in total. The van der Waals surface area contributed by atoms with Crippen molar-refractivity contribution in [2.75, 3.05) is 13.7 Å². The molecule has 2 aromatic rings. The average Bonchev–Trinajstić information content (AvgIpc) is 2.90. The fourth-order valence-electron chi connectivity index (χ4n) is 2.33. The fourth-order valence-corrected chi connectivity index (χ4v) is 2.74. The maximum absolute atomic E-state index is 13.7. The summed E-state index contributed by atoms with van der Waals surface area (Å²) in [5.74, 6) is 1.22. The Labute approximate surface area is 131 Å². The second-order valence-electron chi connectivity index (χ2n) is 4.88. The first-order valence-electron chi connectivity index (χ1n) is 6.68. The number of rotatable bonds is 4. The highest BCUT2D eigenvalue weighted by Gasteiger charge is 2.22. The summed E-state index contributed by atoms with van der Waals surface area (Å²) in [5, 5.41) is 3.19. The smallest absolute Gasteiger partial charge is 0.129 e. The lowest BCUT2D eigenvalue weighted by Crippen LogP contribution is -2.17. The molecule has 1 heterocycles. The number of halogens is 2. The van der Waals surface area contributed by atoms with Gasteiger partial charge in [-0.1, -0.05) is 15.9 Å². The summed E-state index contributed by atoms with van der Waals surface area (Å²) >= 11 is 3.33. The van der Waals surface area contributed by atoms with E-state index in [9.17, 15) is 4.39 Å². The van der Waals surface area contributed by atoms with Gasteiger partial charge in [0.15, 0.2) is 0 Å². The van der Waals surface area contributed by atoms with Gasteiger partial charge < -0.3 is 14.8 Å². The van der Waals surface area contributed by atoms with Gasteiger partial charge in [0.1, 0.15) is 30.5 Å². The van der Waals surface area contributed by atoms with Crippen LogP contribution in [-0.4, -0.2) is 13.7 Å². The molecule has 0 radical (unpaired) electrons. The van der Waals surface area contributed by atoms with Crippen molar-refractivity contribution in [2.24, 2.45) is 0 Å². The SMILES string of the molecule is CNC1COc2cc(OCc3cc(Br)ccc3F)ccc21. The van der Waals surface area contributed by atoms with Gasteiger partial charge in [0.2, 0.25) is 0 Å². The fraction of sp³-hybridized carbons (Fsp3) is 0.250. The van der Waals surface area contributed by atoms with Gasteiger partial charge in [0.25, 0.3) is 0 Å². The molecule has 1 unspecified atom stereocenters. The van der Waals surface area contributed by atoms with Crippen LogP contribution in [0.4, 0.5) is 4.39 Å². The van der Waals surface area contributed by atoms with Crippen LogP contribution >= 0.6 is 15.9 Å². The predicted molar refractivity (Wildman–Crippen MR) is 82.2 cm³/mol. The molecule has 3 rings (SSSR count). The molecule has 0 aliphatic carbocycles. The van der Waals surface area contributed by atoms with Gasteiger partial charge in [-0.2, -0.15) is 0 Å². The summed E-state index contributed by atoms with van der Waals surface area (Å²) in [6, 6.07) is 10.7. The minimum atomic E-state index is -0.272. The van der Waals surface area contributed by atoms with Crippen LogP contribution in [0.2, 0.25) is 0 Å². The summed E-state index contributed by atoms with van der Waals surface area (Å²) < 4.78 is 25.8. The second-order valence-corrected chi connectivity index (χ2v) is 5.79. The van der Waals surface area contributed by atoms with Crippen LogP contribution in [0.3, 0.4) is 0 Å². The van der Waals surface area contributed by atoms with Crippen molar-refractivity contribution in [3.63, 3.8) is 0 Å². The zero-order valence-corrected chi connectivity index (χ0v) is 13.1. The van der Waals surface area contributed by atoms with Crippen LogP contribution in [0.5, 0.6) is 11.5 Å². The number of fused-ring (bicyclic) bond motifs is 1. The van der Waals surface area contributed by atoms with Crippen LogP contribution in [0.1, 0.15) is 17.2 Å². The molecule has 0 bridgehead atoms. The number of nitrogens with one attached hydrogen (secondary N) is 1. The molecule has 3 nitrogen and oxygen atoms in total. The Balaban J connectivity index is 1.73. The minimum Gasteiger partial charge on any atom is -0.491 e. The first kappa shape index (κ1) is 14.4. The van der Waals surface area contributed by atoms with Crippen molar-refractivity contribution in [1.29, 1.82) is 0 Å². The molecular formula is C16H15BrFNO2. The van der Waals surface area contributed by atoms with Gasteiger partial charge in [0, 0.05) is 21.7 Å². The predicted octanol–water partition coefficient (Wildman–Crippen LogP) is 3.82. The molecule has 0 spiro atoms. The summed E-state index contributed by atoms with van der Waals surface area (Å²) in [7, 11) is 1.91. The molecule has 0 aromatic heterocycles. The third-order valence-electron chi connectivity index (χ3n) is 3.52. The lowest BCUT2D eigenvalue weighted by atomic mass is 10.1. The van der Waals surface area contributed by atoms with Crippen molar-refractivity contribution >= 4 is 15.9 Å². The molecular weight excluding hydrogens is 337 g/mol. The Morgan fingerprint density at radius 3 is 3.00 bits per heavy atom. The Hall–Kier alpha value is -1.59. The third-order valence-corrected chi connectivity index (χ3v) is 4.01. The largest absolute Gasteiger partial charge is 0.491 e. The monoisotopic (exact) mass is 351 g/mol.